The first kappa shape index (κ1) is 92.4. The second-order valence-corrected chi connectivity index (χ2v) is 27.2. The van der Waals surface area contributed by atoms with Gasteiger partial charge in [0.1, 0.15) is 25.4 Å². The van der Waals surface area contributed by atoms with Gasteiger partial charge in [-0.1, -0.05) is 269 Å². The predicted octanol–water partition coefficient (Wildman–Crippen LogP) is 21.3. The lowest BCUT2D eigenvalue weighted by molar-refractivity contribution is -0.161. The molecule has 0 aromatic rings. The number of carbonyl (C=O) groups excluding carboxylic acids is 3. The van der Waals surface area contributed by atoms with E-state index in [1.165, 1.54) is 70.6 Å². The van der Waals surface area contributed by atoms with Crippen LogP contribution in [0.4, 0.5) is 0 Å². The fraction of sp³-hybridized carbons (Fsp3) is 0.658. The van der Waals surface area contributed by atoms with E-state index in [9.17, 15) is 43.5 Å². The maximum atomic E-state index is 12.9. The van der Waals surface area contributed by atoms with E-state index in [1.807, 2.05) is 12.2 Å². The van der Waals surface area contributed by atoms with Crippen LogP contribution in [0.1, 0.15) is 278 Å². The molecule has 4 N–H and O–H groups in total. The summed E-state index contributed by atoms with van der Waals surface area (Å²) in [6.07, 6.45) is 86.2. The Morgan fingerprint density at radius 1 is 0.299 bits per heavy atom. The van der Waals surface area contributed by atoms with Crippen LogP contribution in [0.25, 0.3) is 0 Å². The second kappa shape index (κ2) is 71.3. The van der Waals surface area contributed by atoms with Crippen molar-refractivity contribution in [3.63, 3.8) is 0 Å². The molecule has 0 rings (SSSR count). The third-order valence-electron chi connectivity index (χ3n) is 15.0. The fourth-order valence-corrected chi connectivity index (χ4v) is 11.0. The van der Waals surface area contributed by atoms with Gasteiger partial charge in [-0.2, -0.15) is 0 Å². The van der Waals surface area contributed by atoms with Gasteiger partial charge in [0.15, 0.2) is 6.10 Å². The summed E-state index contributed by atoms with van der Waals surface area (Å²) in [6.45, 7) is 2.33. The van der Waals surface area contributed by atoms with Gasteiger partial charge < -0.3 is 34.2 Å². The molecule has 0 aliphatic heterocycles. The van der Waals surface area contributed by atoms with Crippen molar-refractivity contribution in [2.75, 3.05) is 39.6 Å². The van der Waals surface area contributed by atoms with E-state index in [2.05, 4.69) is 154 Å². The molecule has 0 aromatic heterocycles. The molecule has 5 atom stereocenters. The van der Waals surface area contributed by atoms with Gasteiger partial charge in [0, 0.05) is 19.3 Å². The highest BCUT2D eigenvalue weighted by Gasteiger charge is 2.29. The number of allylic oxidation sites excluding steroid dienone is 24. The van der Waals surface area contributed by atoms with Crippen LogP contribution in [0.3, 0.4) is 0 Å². The molecule has 0 aliphatic rings. The summed E-state index contributed by atoms with van der Waals surface area (Å²) in [7, 11) is -9.81. The Hall–Kier alpha value is -4.57. The third kappa shape index (κ3) is 72.5. The van der Waals surface area contributed by atoms with Crippen molar-refractivity contribution in [1.82, 2.24) is 0 Å². The van der Waals surface area contributed by atoms with E-state index in [4.69, 9.17) is 32.3 Å². The van der Waals surface area contributed by atoms with Crippen molar-refractivity contribution in [3.05, 3.63) is 146 Å². The molecule has 97 heavy (non-hydrogen) atoms. The topological polar surface area (TPSA) is 231 Å². The maximum absolute atomic E-state index is 12.9. The van der Waals surface area contributed by atoms with Crippen molar-refractivity contribution in [1.29, 1.82) is 0 Å². The molecule has 0 bridgehead atoms. The average Bonchev–Trinajstić information content (AvgIpc) is 2.38. The molecule has 5 unspecified atom stereocenters. The standard InChI is InChI=1S/C79H132O16P2/c1-4-7-10-13-16-19-22-25-28-31-32-33-34-35-36-37-38-39-40-43-45-47-50-53-56-59-62-65-77(82)89-68-74(80)69-91-96(85,86)92-70-75(81)71-93-97(87,88)94-73-76(95-79(84)67-64-61-58-55-52-49-46-42-30-27-24-21-18-15-12-9-6-3)72-90-78(83)66-63-60-57-54-51-48-44-41-29-26-23-20-17-14-11-8-5-2/h8-9,11-12,16-21,25-30,32-33,35-36,44,48,54,57,74-76,80-81H,4-7,10,13-15,22-24,31,34,37-43,45-47,49-53,55-56,58-73H2,1-3H3,(H,85,86)(H,87,88)/b11-8-,12-9-,19-16-,20-17-,21-18-,28-25-,29-26-,30-27-,33-32-,36-35-,48-44-,57-54-. The highest BCUT2D eigenvalue weighted by Crippen LogP contribution is 2.45. The Morgan fingerprint density at radius 2 is 0.557 bits per heavy atom. The highest BCUT2D eigenvalue weighted by atomic mass is 31.2. The summed E-state index contributed by atoms with van der Waals surface area (Å²) < 4.78 is 61.0. The molecular weight excluding hydrogens is 1270 g/mol. The molecule has 0 heterocycles. The molecule has 0 spiro atoms. The normalized spacial score (nSPS) is 14.9. The first-order valence-electron chi connectivity index (χ1n) is 37.1. The van der Waals surface area contributed by atoms with Gasteiger partial charge in [-0.15, -0.1) is 0 Å². The lowest BCUT2D eigenvalue weighted by Gasteiger charge is -2.21. The lowest BCUT2D eigenvalue weighted by Crippen LogP contribution is -2.30. The lowest BCUT2D eigenvalue weighted by atomic mass is 10.0. The van der Waals surface area contributed by atoms with Crippen LogP contribution in [0.5, 0.6) is 0 Å². The van der Waals surface area contributed by atoms with Crippen molar-refractivity contribution >= 4 is 33.6 Å². The Bertz CT molecular complexity index is 2350. The highest BCUT2D eigenvalue weighted by molar-refractivity contribution is 7.47. The first-order valence-corrected chi connectivity index (χ1v) is 40.1. The minimum atomic E-state index is -4.95. The Kier molecular flexibility index (Phi) is 67.9. The first-order chi connectivity index (χ1) is 47.2. The van der Waals surface area contributed by atoms with Crippen LogP contribution in [0.2, 0.25) is 0 Å². The number of hydrogen-bond acceptors (Lipinski definition) is 14. The quantitative estimate of drug-likeness (QED) is 0.0146. The van der Waals surface area contributed by atoms with Crippen molar-refractivity contribution in [2.45, 2.75) is 296 Å². The molecule has 0 saturated carbocycles. The fourth-order valence-electron chi connectivity index (χ4n) is 9.43. The maximum Gasteiger partial charge on any atom is 0.472 e. The Morgan fingerprint density at radius 3 is 0.907 bits per heavy atom. The average molecular weight is 1400 g/mol. The zero-order valence-corrected chi connectivity index (χ0v) is 62.0. The summed E-state index contributed by atoms with van der Waals surface area (Å²) in [5.74, 6) is -1.66. The van der Waals surface area contributed by atoms with Gasteiger partial charge in [0.25, 0.3) is 0 Å². The van der Waals surface area contributed by atoms with Gasteiger partial charge in [-0.25, -0.2) is 9.13 Å². The van der Waals surface area contributed by atoms with Gasteiger partial charge in [0.2, 0.25) is 0 Å². The van der Waals surface area contributed by atoms with Crippen LogP contribution >= 0.6 is 15.6 Å². The SMILES string of the molecule is CC/C=C\C/C=C\C/C=C\C/C=C\C/C=C\CCCC(=O)OCC(COP(=O)(O)OCC(O)COP(=O)(O)OCC(O)COC(=O)CCCCCCCCCCCCC/C=C\C/C=C\C/C=C\C/C=C\CCCCC)OC(=O)CCCCCCCCC/C=C\C/C=C\C/C=C\CC. The number of phosphoric acid groups is 2. The Labute approximate surface area is 587 Å². The van der Waals surface area contributed by atoms with Crippen molar-refractivity contribution in [2.24, 2.45) is 0 Å². The van der Waals surface area contributed by atoms with E-state index < -0.39 is 91.5 Å². The van der Waals surface area contributed by atoms with E-state index in [1.54, 1.807) is 0 Å². The van der Waals surface area contributed by atoms with E-state index in [0.717, 1.165) is 141 Å². The van der Waals surface area contributed by atoms with E-state index >= 15 is 0 Å². The summed E-state index contributed by atoms with van der Waals surface area (Å²) in [4.78, 5) is 58.5. The largest absolute Gasteiger partial charge is 0.472 e. The van der Waals surface area contributed by atoms with E-state index in [-0.39, 0.29) is 19.3 Å². The molecule has 0 amide bonds. The predicted molar refractivity (Wildman–Crippen MR) is 399 cm³/mol. The van der Waals surface area contributed by atoms with Gasteiger partial charge in [0.05, 0.1) is 26.4 Å². The zero-order chi connectivity index (χ0) is 70.9. The number of hydrogen-bond donors (Lipinski definition) is 4. The number of aliphatic hydroxyl groups is 2. The molecule has 16 nitrogen and oxygen atoms in total. The number of ether oxygens (including phenoxy) is 3. The van der Waals surface area contributed by atoms with Crippen LogP contribution in [0, 0.1) is 0 Å². The minimum Gasteiger partial charge on any atom is -0.463 e. The molecule has 0 aromatic carbocycles. The summed E-state index contributed by atoms with van der Waals surface area (Å²) >= 11 is 0. The molecule has 0 aliphatic carbocycles. The number of unbranched alkanes of at least 4 members (excludes halogenated alkanes) is 22. The smallest absolute Gasteiger partial charge is 0.463 e. The summed E-state index contributed by atoms with van der Waals surface area (Å²) in [5, 5.41) is 20.6. The minimum absolute atomic E-state index is 0.0765. The molecule has 0 radical (unpaired) electrons. The van der Waals surface area contributed by atoms with Gasteiger partial charge in [-0.05, 0) is 135 Å². The number of esters is 3. The van der Waals surface area contributed by atoms with Gasteiger partial charge >= 0.3 is 33.6 Å². The van der Waals surface area contributed by atoms with Crippen LogP contribution < -0.4 is 0 Å². The monoisotopic (exact) mass is 1400 g/mol. The third-order valence-corrected chi connectivity index (χ3v) is 16.9. The van der Waals surface area contributed by atoms with E-state index in [0.29, 0.717) is 25.7 Å². The summed E-state index contributed by atoms with van der Waals surface area (Å²) in [6, 6.07) is 0. The van der Waals surface area contributed by atoms with Crippen molar-refractivity contribution < 1.29 is 75.8 Å². The molecule has 0 saturated heterocycles. The molecule has 554 valence electrons. The molecule has 18 heteroatoms. The Balaban J connectivity index is 4.62. The number of carbonyl (C=O) groups is 3. The van der Waals surface area contributed by atoms with Crippen LogP contribution in [-0.4, -0.2) is 95.9 Å². The second-order valence-electron chi connectivity index (χ2n) is 24.3. The van der Waals surface area contributed by atoms with Crippen LogP contribution in [-0.2, 0) is 55.8 Å². The van der Waals surface area contributed by atoms with Gasteiger partial charge in [-0.3, -0.25) is 32.5 Å². The summed E-state index contributed by atoms with van der Waals surface area (Å²) in [5.41, 5.74) is 0. The number of aliphatic hydroxyl groups excluding tert-OH is 2. The number of rotatable bonds is 69. The van der Waals surface area contributed by atoms with Crippen LogP contribution in [0.15, 0.2) is 146 Å². The molecule has 0 fully saturated rings. The molecular formula is C79H132O16P2. The van der Waals surface area contributed by atoms with Crippen molar-refractivity contribution in [3.8, 4) is 0 Å². The number of phosphoric ester groups is 2. The zero-order valence-electron chi connectivity index (χ0n) is 60.2.